The quantitative estimate of drug-likeness (QED) is 0.716. The minimum atomic E-state index is 0.184. The Hall–Kier alpha value is -1.99. The molecule has 0 aliphatic carbocycles. The van der Waals surface area contributed by atoms with E-state index >= 15 is 0 Å². The number of hydrogen-bond donors (Lipinski definition) is 0. The van der Waals surface area contributed by atoms with Crippen LogP contribution >= 0.6 is 11.3 Å². The van der Waals surface area contributed by atoms with E-state index in [9.17, 15) is 0 Å². The zero-order chi connectivity index (χ0) is 15.7. The summed E-state index contributed by atoms with van der Waals surface area (Å²) in [6, 6.07) is 3.79. The molecular weight excluding hydrogens is 300 g/mol. The molecule has 7 heteroatoms. The molecule has 3 aromatic heterocycles. The van der Waals surface area contributed by atoms with E-state index in [1.807, 2.05) is 20.0 Å². The molecule has 3 heterocycles. The summed E-state index contributed by atoms with van der Waals surface area (Å²) in [5, 5.41) is 5.03. The fourth-order valence-corrected chi connectivity index (χ4v) is 3.22. The first-order chi connectivity index (χ1) is 10.5. The lowest BCUT2D eigenvalue weighted by Crippen LogP contribution is -2.23. The maximum Gasteiger partial charge on any atom is 0.241 e. The summed E-state index contributed by atoms with van der Waals surface area (Å²) in [5.41, 5.74) is 1.11. The predicted molar refractivity (Wildman–Crippen MR) is 83.5 cm³/mol. The van der Waals surface area contributed by atoms with Crippen LogP contribution in [0.15, 0.2) is 27.3 Å². The molecule has 0 radical (unpaired) electrons. The molecule has 0 aliphatic heterocycles. The molecule has 0 aliphatic rings. The molecule has 3 rings (SSSR count). The lowest BCUT2D eigenvalue weighted by atomic mass is 10.2. The summed E-state index contributed by atoms with van der Waals surface area (Å²) in [5.74, 6) is 1.64. The standard InChI is InChI=1S/C15H18N4O2S/c1-9(14-10(2)22-11(3)16-14)19(4)8-13-17-15(18-21-13)12-6-5-7-20-12/h5-7,9H,8H2,1-4H3/t9-/m0/s1. The van der Waals surface area contributed by atoms with E-state index in [0.29, 0.717) is 24.0 Å². The van der Waals surface area contributed by atoms with Crippen LogP contribution < -0.4 is 0 Å². The molecule has 0 fully saturated rings. The van der Waals surface area contributed by atoms with E-state index in [0.717, 1.165) is 10.7 Å². The molecule has 0 saturated heterocycles. The predicted octanol–water partition coefficient (Wildman–Crippen LogP) is 3.60. The van der Waals surface area contributed by atoms with Crippen LogP contribution in [0, 0.1) is 13.8 Å². The van der Waals surface area contributed by atoms with Crippen LogP contribution in [0.25, 0.3) is 11.6 Å². The van der Waals surface area contributed by atoms with E-state index < -0.39 is 0 Å². The summed E-state index contributed by atoms with van der Waals surface area (Å²) >= 11 is 1.72. The molecule has 0 bridgehead atoms. The molecule has 0 saturated carbocycles. The van der Waals surface area contributed by atoms with Crippen molar-refractivity contribution in [3.8, 4) is 11.6 Å². The van der Waals surface area contributed by atoms with E-state index in [2.05, 4.69) is 33.9 Å². The Morgan fingerprint density at radius 3 is 2.77 bits per heavy atom. The molecule has 22 heavy (non-hydrogen) atoms. The van der Waals surface area contributed by atoms with Gasteiger partial charge in [-0.25, -0.2) is 4.98 Å². The van der Waals surface area contributed by atoms with E-state index in [4.69, 9.17) is 8.94 Å². The van der Waals surface area contributed by atoms with Gasteiger partial charge in [0.25, 0.3) is 0 Å². The summed E-state index contributed by atoms with van der Waals surface area (Å²) in [6.07, 6.45) is 1.59. The van der Waals surface area contributed by atoms with Gasteiger partial charge in [-0.1, -0.05) is 5.16 Å². The summed E-state index contributed by atoms with van der Waals surface area (Å²) in [6.45, 7) is 6.82. The average molecular weight is 318 g/mol. The van der Waals surface area contributed by atoms with Gasteiger partial charge in [0.2, 0.25) is 11.7 Å². The number of hydrogen-bond acceptors (Lipinski definition) is 7. The maximum absolute atomic E-state index is 5.30. The molecule has 116 valence electrons. The second-order valence-electron chi connectivity index (χ2n) is 5.25. The Morgan fingerprint density at radius 1 is 1.32 bits per heavy atom. The van der Waals surface area contributed by atoms with Crippen molar-refractivity contribution in [2.75, 3.05) is 7.05 Å². The zero-order valence-corrected chi connectivity index (χ0v) is 13.8. The largest absolute Gasteiger partial charge is 0.461 e. The van der Waals surface area contributed by atoms with Crippen molar-refractivity contribution < 1.29 is 8.94 Å². The van der Waals surface area contributed by atoms with Crippen LogP contribution in [-0.4, -0.2) is 27.1 Å². The molecule has 6 nitrogen and oxygen atoms in total. The SMILES string of the molecule is Cc1nc([C@H](C)N(C)Cc2nc(-c3ccco3)no2)c(C)s1. The van der Waals surface area contributed by atoms with Gasteiger partial charge in [0.1, 0.15) is 0 Å². The number of thiazole rings is 1. The number of furan rings is 1. The van der Waals surface area contributed by atoms with E-state index in [1.165, 1.54) is 4.88 Å². The van der Waals surface area contributed by atoms with Crippen LogP contribution in [0.3, 0.4) is 0 Å². The van der Waals surface area contributed by atoms with Gasteiger partial charge < -0.3 is 8.94 Å². The molecule has 1 atom stereocenters. The van der Waals surface area contributed by atoms with Crippen molar-refractivity contribution in [2.45, 2.75) is 33.4 Å². The van der Waals surface area contributed by atoms with Crippen molar-refractivity contribution in [3.63, 3.8) is 0 Å². The number of aromatic nitrogens is 3. The molecule has 0 spiro atoms. The summed E-state index contributed by atoms with van der Waals surface area (Å²) in [4.78, 5) is 12.4. The van der Waals surface area contributed by atoms with Crippen LogP contribution in [0.5, 0.6) is 0 Å². The average Bonchev–Trinajstić information content (AvgIpc) is 3.18. The number of nitrogens with zero attached hydrogens (tertiary/aromatic N) is 4. The van der Waals surface area contributed by atoms with Crippen LogP contribution in [0.1, 0.15) is 34.4 Å². The number of rotatable bonds is 5. The minimum Gasteiger partial charge on any atom is -0.461 e. The molecule has 0 amide bonds. The molecule has 3 aromatic rings. The van der Waals surface area contributed by atoms with Gasteiger partial charge in [-0.15, -0.1) is 11.3 Å². The Balaban J connectivity index is 1.71. The lowest BCUT2D eigenvalue weighted by molar-refractivity contribution is 0.213. The Bertz CT molecular complexity index is 748. The van der Waals surface area contributed by atoms with Gasteiger partial charge >= 0.3 is 0 Å². The molecular formula is C15H18N4O2S. The first-order valence-corrected chi connectivity index (χ1v) is 7.87. The second-order valence-corrected chi connectivity index (χ2v) is 6.66. The Labute approximate surface area is 132 Å². The van der Waals surface area contributed by atoms with Gasteiger partial charge in [0, 0.05) is 4.88 Å². The van der Waals surface area contributed by atoms with Gasteiger partial charge in [0.05, 0.1) is 29.6 Å². The smallest absolute Gasteiger partial charge is 0.241 e. The summed E-state index contributed by atoms with van der Waals surface area (Å²) in [7, 11) is 2.02. The van der Waals surface area contributed by atoms with Crippen molar-refractivity contribution in [3.05, 3.63) is 39.9 Å². The third kappa shape index (κ3) is 2.95. The summed E-state index contributed by atoms with van der Waals surface area (Å²) < 4.78 is 10.6. The first-order valence-electron chi connectivity index (χ1n) is 7.05. The third-order valence-corrected chi connectivity index (χ3v) is 4.49. The fourth-order valence-electron chi connectivity index (χ4n) is 2.32. The van der Waals surface area contributed by atoms with Gasteiger partial charge in [0.15, 0.2) is 5.76 Å². The monoisotopic (exact) mass is 318 g/mol. The van der Waals surface area contributed by atoms with Gasteiger partial charge in [-0.2, -0.15) is 4.98 Å². The Morgan fingerprint density at radius 2 is 2.14 bits per heavy atom. The van der Waals surface area contributed by atoms with Gasteiger partial charge in [-0.05, 0) is 40.0 Å². The topological polar surface area (TPSA) is 68.2 Å². The van der Waals surface area contributed by atoms with Crippen molar-refractivity contribution in [2.24, 2.45) is 0 Å². The highest BCUT2D eigenvalue weighted by molar-refractivity contribution is 7.11. The van der Waals surface area contributed by atoms with E-state index in [-0.39, 0.29) is 6.04 Å². The van der Waals surface area contributed by atoms with E-state index in [1.54, 1.807) is 23.7 Å². The minimum absolute atomic E-state index is 0.184. The zero-order valence-electron chi connectivity index (χ0n) is 13.0. The van der Waals surface area contributed by atoms with Crippen LogP contribution in [-0.2, 0) is 6.54 Å². The van der Waals surface area contributed by atoms with Crippen LogP contribution in [0.4, 0.5) is 0 Å². The van der Waals surface area contributed by atoms with Gasteiger partial charge in [-0.3, -0.25) is 4.90 Å². The number of aryl methyl sites for hydroxylation is 2. The highest BCUT2D eigenvalue weighted by Crippen LogP contribution is 2.27. The fraction of sp³-hybridized carbons (Fsp3) is 0.400. The Kier molecular flexibility index (Phi) is 4.08. The van der Waals surface area contributed by atoms with Crippen LogP contribution in [0.2, 0.25) is 0 Å². The normalized spacial score (nSPS) is 13.0. The highest BCUT2D eigenvalue weighted by Gasteiger charge is 2.20. The molecule has 0 unspecified atom stereocenters. The maximum atomic E-state index is 5.30. The highest BCUT2D eigenvalue weighted by atomic mass is 32.1. The van der Waals surface area contributed by atoms with Crippen molar-refractivity contribution in [1.29, 1.82) is 0 Å². The second kappa shape index (κ2) is 6.02. The lowest BCUT2D eigenvalue weighted by Gasteiger charge is -2.22. The third-order valence-electron chi connectivity index (χ3n) is 3.59. The molecule has 0 aromatic carbocycles. The first kappa shape index (κ1) is 14.9. The van der Waals surface area contributed by atoms with Crippen molar-refractivity contribution in [1.82, 2.24) is 20.0 Å². The molecule has 0 N–H and O–H groups in total. The van der Waals surface area contributed by atoms with Crippen molar-refractivity contribution >= 4 is 11.3 Å².